The Morgan fingerprint density at radius 3 is 2.35 bits per heavy atom. The largest absolute Gasteiger partial charge is 0.515 e. The summed E-state index contributed by atoms with van der Waals surface area (Å²) in [6.07, 6.45) is 0.369. The van der Waals surface area contributed by atoms with Gasteiger partial charge in [-0.3, -0.25) is 15.0 Å². The number of imidazole rings is 1. The molecule has 1 saturated carbocycles. The summed E-state index contributed by atoms with van der Waals surface area (Å²) in [7, 11) is 0. The molecule has 2 atom stereocenters. The number of ether oxygens (including phenoxy) is 6. The van der Waals surface area contributed by atoms with Gasteiger partial charge in [-0.2, -0.15) is 4.98 Å². The molecule has 2 aromatic heterocycles. The van der Waals surface area contributed by atoms with E-state index in [1.165, 1.54) is 19.1 Å². The van der Waals surface area contributed by atoms with E-state index in [2.05, 4.69) is 25.2 Å². The van der Waals surface area contributed by atoms with Gasteiger partial charge in [-0.05, 0) is 91.3 Å². The number of hydrogen-bond acceptors (Lipinski definition) is 17. The average molecular weight is 852 g/mol. The topological polar surface area (TPSA) is 221 Å². The van der Waals surface area contributed by atoms with Crippen molar-refractivity contribution >= 4 is 29.3 Å². The normalized spacial score (nSPS) is 14.0. The van der Waals surface area contributed by atoms with Crippen molar-refractivity contribution in [1.29, 1.82) is 0 Å². The molecule has 7 rings (SSSR count). The molecule has 0 aliphatic heterocycles. The first-order valence-electron chi connectivity index (χ1n) is 20.0. The Kier molecular flexibility index (Phi) is 14.0. The first-order chi connectivity index (χ1) is 30.0. The fraction of sp³-hybridized carbons (Fsp3) is 0.326. The van der Waals surface area contributed by atoms with Gasteiger partial charge in [-0.25, -0.2) is 19.2 Å². The highest BCUT2D eigenvalue weighted by atomic mass is 17.1. The van der Waals surface area contributed by atoms with E-state index in [0.717, 1.165) is 53.6 Å². The molecule has 324 valence electrons. The smallest absolute Gasteiger partial charge is 0.465 e. The molecule has 19 heteroatoms. The molecule has 0 saturated heterocycles. The Morgan fingerprint density at radius 1 is 0.839 bits per heavy atom. The van der Waals surface area contributed by atoms with Crippen LogP contribution in [0.25, 0.3) is 33.5 Å². The van der Waals surface area contributed by atoms with E-state index in [1.807, 2.05) is 55.5 Å². The molecule has 62 heavy (non-hydrogen) atoms. The molecular formula is C43H45N7O12. The van der Waals surface area contributed by atoms with Crippen LogP contribution in [0.15, 0.2) is 91.0 Å². The first-order valence-corrected chi connectivity index (χ1v) is 20.0. The van der Waals surface area contributed by atoms with Crippen molar-refractivity contribution in [3.05, 3.63) is 108 Å². The fourth-order valence-electron chi connectivity index (χ4n) is 6.96. The van der Waals surface area contributed by atoms with Crippen LogP contribution < -0.4 is 9.47 Å². The van der Waals surface area contributed by atoms with Gasteiger partial charge in [0.05, 0.1) is 41.7 Å². The Labute approximate surface area is 355 Å². The lowest BCUT2D eigenvalue weighted by atomic mass is 9.98. The number of carbonyl (C=O) groups excluding carboxylic acids is 3. The van der Waals surface area contributed by atoms with E-state index >= 15 is 0 Å². The quantitative estimate of drug-likeness (QED) is 0.0309. The molecule has 6 aromatic rings. The zero-order valence-corrected chi connectivity index (χ0v) is 34.2. The molecule has 1 aliphatic rings. The number of rotatable bonds is 16. The van der Waals surface area contributed by atoms with E-state index < -0.39 is 36.2 Å². The molecule has 0 amide bonds. The van der Waals surface area contributed by atoms with Crippen LogP contribution in [0.2, 0.25) is 0 Å². The van der Waals surface area contributed by atoms with Crippen LogP contribution in [0.4, 0.5) is 9.59 Å². The van der Waals surface area contributed by atoms with Crippen LogP contribution in [0, 0.1) is 0 Å². The number of nitrogens with zero attached hydrogens (tertiary/aromatic N) is 7. The number of tetrazole rings is 1. The fourth-order valence-corrected chi connectivity index (χ4v) is 6.96. The molecule has 1 aliphatic carbocycles. The van der Waals surface area contributed by atoms with E-state index in [4.69, 9.17) is 38.8 Å². The molecule has 2 N–H and O–H groups in total. The molecule has 0 spiro atoms. The summed E-state index contributed by atoms with van der Waals surface area (Å²) in [4.78, 5) is 49.0. The van der Waals surface area contributed by atoms with Crippen LogP contribution in [0.1, 0.15) is 80.6 Å². The second-order valence-electron chi connectivity index (χ2n) is 14.2. The van der Waals surface area contributed by atoms with Gasteiger partial charge in [0.2, 0.25) is 18.3 Å². The highest BCUT2D eigenvalue weighted by Gasteiger charge is 2.25. The minimum absolute atomic E-state index is 0.141. The molecule has 1 fully saturated rings. The maximum atomic E-state index is 13.6. The predicted octanol–water partition coefficient (Wildman–Crippen LogP) is 8.04. The van der Waals surface area contributed by atoms with Gasteiger partial charge in [-0.15, -0.1) is 15.0 Å². The zero-order chi connectivity index (χ0) is 43.6. The number of para-hydroxylation sites is 1. The van der Waals surface area contributed by atoms with Crippen LogP contribution in [-0.2, 0) is 36.9 Å². The molecule has 19 nitrogen and oxygen atoms in total. The lowest BCUT2D eigenvalue weighted by molar-refractivity contribution is -0.497. The molecule has 2 unspecified atom stereocenters. The maximum absolute atomic E-state index is 13.6. The summed E-state index contributed by atoms with van der Waals surface area (Å²) in [6, 6.07) is 26.9. The van der Waals surface area contributed by atoms with Crippen molar-refractivity contribution in [2.75, 3.05) is 6.61 Å². The van der Waals surface area contributed by atoms with E-state index in [9.17, 15) is 14.4 Å². The second kappa shape index (κ2) is 20.1. The summed E-state index contributed by atoms with van der Waals surface area (Å²) in [5.74, 6) is -0.276. The monoisotopic (exact) mass is 851 g/mol. The molecule has 0 bridgehead atoms. The minimum atomic E-state index is -1.20. The number of hydrogen-bond donors (Lipinski definition) is 2. The highest BCUT2D eigenvalue weighted by Crippen LogP contribution is 2.32. The molecular weight excluding hydrogens is 807 g/mol. The number of carbonyl (C=O) groups is 3. The maximum Gasteiger partial charge on any atom is 0.515 e. The lowest BCUT2D eigenvalue weighted by Gasteiger charge is -2.22. The van der Waals surface area contributed by atoms with Crippen LogP contribution in [-0.4, -0.2) is 82.8 Å². The van der Waals surface area contributed by atoms with Gasteiger partial charge in [0.25, 0.3) is 6.01 Å². The Hall–Kier alpha value is -6.93. The Morgan fingerprint density at radius 2 is 1.60 bits per heavy atom. The number of aromatic nitrogens is 6. The predicted molar refractivity (Wildman–Crippen MR) is 216 cm³/mol. The van der Waals surface area contributed by atoms with Crippen molar-refractivity contribution in [2.24, 2.45) is 0 Å². The Bertz CT molecular complexity index is 2480. The van der Waals surface area contributed by atoms with Crippen molar-refractivity contribution < 1.29 is 58.1 Å². The molecule has 4 aromatic carbocycles. The van der Waals surface area contributed by atoms with E-state index in [-0.39, 0.29) is 29.8 Å². The molecule has 0 radical (unpaired) electrons. The zero-order valence-electron chi connectivity index (χ0n) is 34.2. The summed E-state index contributed by atoms with van der Waals surface area (Å²) >= 11 is 0. The third-order valence-corrected chi connectivity index (χ3v) is 9.82. The average Bonchev–Trinajstić information content (AvgIpc) is 3.89. The van der Waals surface area contributed by atoms with Crippen molar-refractivity contribution in [3.63, 3.8) is 0 Å². The van der Waals surface area contributed by atoms with Crippen molar-refractivity contribution in [1.82, 2.24) is 35.1 Å². The first kappa shape index (κ1) is 43.2. The third-order valence-electron chi connectivity index (χ3n) is 9.82. The van der Waals surface area contributed by atoms with Gasteiger partial charge < -0.3 is 28.4 Å². The van der Waals surface area contributed by atoms with Crippen LogP contribution >= 0.6 is 0 Å². The van der Waals surface area contributed by atoms with E-state index in [1.54, 1.807) is 41.8 Å². The van der Waals surface area contributed by atoms with Gasteiger partial charge >= 0.3 is 18.3 Å². The second-order valence-corrected chi connectivity index (χ2v) is 14.2. The van der Waals surface area contributed by atoms with Crippen molar-refractivity contribution in [2.45, 2.75) is 84.6 Å². The van der Waals surface area contributed by atoms with Gasteiger partial charge in [0.15, 0.2) is 0 Å². The summed E-state index contributed by atoms with van der Waals surface area (Å²) in [5.41, 5.74) is 4.95. The lowest BCUT2D eigenvalue weighted by Crippen LogP contribution is -2.26. The molecule has 2 heterocycles. The van der Waals surface area contributed by atoms with Gasteiger partial charge in [0.1, 0.15) is 11.9 Å². The number of esters is 1. The number of benzene rings is 4. The summed E-state index contributed by atoms with van der Waals surface area (Å²) in [6.45, 7) is 5.30. The van der Waals surface area contributed by atoms with Crippen LogP contribution in [0.3, 0.4) is 0 Å². The Balaban J connectivity index is 1.03. The summed E-state index contributed by atoms with van der Waals surface area (Å²) in [5, 5.41) is 30.0. The number of fused-ring (bicyclic) bond motifs is 1. The van der Waals surface area contributed by atoms with Gasteiger partial charge in [-0.1, -0.05) is 73.2 Å². The highest BCUT2D eigenvalue weighted by molar-refractivity contribution is 6.02. The third kappa shape index (κ3) is 10.9. The van der Waals surface area contributed by atoms with E-state index in [0.29, 0.717) is 41.3 Å². The van der Waals surface area contributed by atoms with Gasteiger partial charge in [0, 0.05) is 12.5 Å². The minimum Gasteiger partial charge on any atom is -0.465 e. The standard InChI is InChI=1S/C43H45N7O12/c1-4-56-41-44-37-19-11-18-36(40(51)59-28(3)60-43(53)61-32-13-6-5-7-14-32)38(37)48(41)25-29-20-22-31(23-21-29)34-16-8-9-17-35(34)39-45-47-49(46-39)27(2)58-42(52)62-33-15-10-12-30(24-33)26-57-50(54)55/h8-12,15-24,27-28,32,54-55H,4-7,13-14,25-26H2,1-3H3. The summed E-state index contributed by atoms with van der Waals surface area (Å²) < 4.78 is 34.6. The van der Waals surface area contributed by atoms with Crippen molar-refractivity contribution in [3.8, 4) is 34.3 Å². The van der Waals surface area contributed by atoms with Crippen LogP contribution in [0.5, 0.6) is 11.8 Å². The SMILES string of the molecule is CCOc1nc2cccc(C(=O)OC(C)OC(=O)OC3CCCCC3)c2n1Cc1ccc(-c2ccccc2-c2nnn(C(C)OC(=O)Oc3cccc(CON(O)O)c3)n2)cc1.